The highest BCUT2D eigenvalue weighted by Crippen LogP contribution is 2.28. The van der Waals surface area contributed by atoms with Crippen LogP contribution in [0.3, 0.4) is 0 Å². The maximum Gasteiger partial charge on any atom is 0.338 e. The Morgan fingerprint density at radius 3 is 2.46 bits per heavy atom. The van der Waals surface area contributed by atoms with Crippen molar-refractivity contribution in [1.82, 2.24) is 4.90 Å². The predicted molar refractivity (Wildman–Crippen MR) is 141 cm³/mol. The summed E-state index contributed by atoms with van der Waals surface area (Å²) in [6.45, 7) is 4.02. The van der Waals surface area contributed by atoms with Crippen LogP contribution in [0.1, 0.15) is 49.0 Å². The number of benzene rings is 3. The lowest BCUT2D eigenvalue weighted by Crippen LogP contribution is -2.49. The third-order valence-electron chi connectivity index (χ3n) is 7.01. The zero-order valence-electron chi connectivity index (χ0n) is 20.9. The number of hydrogen-bond donors (Lipinski definition) is 0. The average molecular weight is 500 g/mol. The van der Waals surface area contributed by atoms with Crippen molar-refractivity contribution in [3.63, 3.8) is 0 Å². The van der Waals surface area contributed by atoms with E-state index in [1.54, 1.807) is 30.3 Å². The van der Waals surface area contributed by atoms with E-state index in [2.05, 4.69) is 13.8 Å². The van der Waals surface area contributed by atoms with Gasteiger partial charge in [0.05, 0.1) is 5.56 Å². The van der Waals surface area contributed by atoms with E-state index in [9.17, 15) is 14.4 Å². The summed E-state index contributed by atoms with van der Waals surface area (Å²) in [6.07, 6.45) is 3.15. The highest BCUT2D eigenvalue weighted by Gasteiger charge is 2.29. The molecule has 0 N–H and O–H groups in total. The molecule has 1 saturated heterocycles. The standard InChI is InChI=1S/C30H29NO6/c1-19-6-5-7-20(2)31(19)27(32)18-35-24-13-10-22(11-14-24)30(34)36-17-23-16-28(33)37-26-15-12-21-8-3-4-9-25(21)29(23)26/h3-4,8-16,19-20H,5-7,17-18H2,1-2H3/t19-,20-/m0/s1. The predicted octanol–water partition coefficient (Wildman–Crippen LogP) is 5.47. The second kappa shape index (κ2) is 10.5. The quantitative estimate of drug-likeness (QED) is 0.199. The van der Waals surface area contributed by atoms with Crippen LogP contribution < -0.4 is 10.4 Å². The number of nitrogens with zero attached hydrogens (tertiary/aromatic N) is 1. The fourth-order valence-corrected chi connectivity index (χ4v) is 5.18. The lowest BCUT2D eigenvalue weighted by Gasteiger charge is -2.38. The zero-order chi connectivity index (χ0) is 25.9. The molecule has 7 nitrogen and oxygen atoms in total. The smallest absolute Gasteiger partial charge is 0.338 e. The van der Waals surface area contributed by atoms with Gasteiger partial charge in [0.15, 0.2) is 6.61 Å². The number of hydrogen-bond acceptors (Lipinski definition) is 6. The first-order chi connectivity index (χ1) is 17.9. The second-order valence-electron chi connectivity index (χ2n) is 9.57. The number of ether oxygens (including phenoxy) is 2. The number of carbonyl (C=O) groups is 2. The number of piperidine rings is 1. The van der Waals surface area contributed by atoms with Crippen LogP contribution >= 0.6 is 0 Å². The molecule has 2 heterocycles. The molecule has 37 heavy (non-hydrogen) atoms. The summed E-state index contributed by atoms with van der Waals surface area (Å²) in [5, 5.41) is 2.66. The Bertz CT molecular complexity index is 1500. The van der Waals surface area contributed by atoms with E-state index >= 15 is 0 Å². The van der Waals surface area contributed by atoms with Gasteiger partial charge in [-0.2, -0.15) is 0 Å². The van der Waals surface area contributed by atoms with Crippen LogP contribution in [0.15, 0.2) is 75.9 Å². The second-order valence-corrected chi connectivity index (χ2v) is 9.57. The lowest BCUT2D eigenvalue weighted by molar-refractivity contribution is -0.139. The molecule has 0 spiro atoms. The monoisotopic (exact) mass is 499 g/mol. The maximum atomic E-state index is 12.7. The van der Waals surface area contributed by atoms with Gasteiger partial charge in [-0.3, -0.25) is 4.79 Å². The SMILES string of the molecule is C[C@H]1CCC[C@H](C)N1C(=O)COc1ccc(C(=O)OCc2cc(=O)oc3ccc4ccccc4c23)cc1. The first kappa shape index (κ1) is 24.6. The number of esters is 1. The number of carbonyl (C=O) groups excluding carboxylic acids is 2. The van der Waals surface area contributed by atoms with Gasteiger partial charge < -0.3 is 18.8 Å². The van der Waals surface area contributed by atoms with Crippen molar-refractivity contribution in [2.45, 2.75) is 51.8 Å². The van der Waals surface area contributed by atoms with Crippen LogP contribution in [0.25, 0.3) is 21.7 Å². The van der Waals surface area contributed by atoms with Crippen molar-refractivity contribution in [1.29, 1.82) is 0 Å². The van der Waals surface area contributed by atoms with Crippen molar-refractivity contribution in [3.05, 3.63) is 88.3 Å². The van der Waals surface area contributed by atoms with Crippen LogP contribution in [0, 0.1) is 0 Å². The lowest BCUT2D eigenvalue weighted by atomic mass is 9.97. The average Bonchev–Trinajstić information content (AvgIpc) is 2.90. The van der Waals surface area contributed by atoms with Gasteiger partial charge in [0.25, 0.3) is 5.91 Å². The van der Waals surface area contributed by atoms with Crippen LogP contribution in [0.4, 0.5) is 0 Å². The normalized spacial score (nSPS) is 17.6. The number of likely N-dealkylation sites (tertiary alicyclic amines) is 1. The molecule has 0 bridgehead atoms. The van der Waals surface area contributed by atoms with Gasteiger partial charge >= 0.3 is 11.6 Å². The summed E-state index contributed by atoms with van der Waals surface area (Å²) < 4.78 is 16.6. The summed E-state index contributed by atoms with van der Waals surface area (Å²) in [6, 6.07) is 19.7. The van der Waals surface area contributed by atoms with E-state index in [1.165, 1.54) is 6.07 Å². The fourth-order valence-electron chi connectivity index (χ4n) is 5.18. The molecule has 5 rings (SSSR count). The largest absolute Gasteiger partial charge is 0.484 e. The van der Waals surface area contributed by atoms with Crippen LogP contribution in [0.2, 0.25) is 0 Å². The van der Waals surface area contributed by atoms with Crippen molar-refractivity contribution < 1.29 is 23.5 Å². The van der Waals surface area contributed by atoms with E-state index in [0.717, 1.165) is 35.4 Å². The van der Waals surface area contributed by atoms with E-state index in [-0.39, 0.29) is 31.2 Å². The minimum Gasteiger partial charge on any atom is -0.484 e. The fraction of sp³-hybridized carbons (Fsp3) is 0.300. The zero-order valence-corrected chi connectivity index (χ0v) is 20.9. The molecular weight excluding hydrogens is 470 g/mol. The first-order valence-corrected chi connectivity index (χ1v) is 12.6. The van der Waals surface area contributed by atoms with E-state index in [4.69, 9.17) is 13.9 Å². The Morgan fingerprint density at radius 2 is 1.70 bits per heavy atom. The molecule has 1 aliphatic rings. The first-order valence-electron chi connectivity index (χ1n) is 12.6. The molecule has 0 radical (unpaired) electrons. The topological polar surface area (TPSA) is 86.0 Å². The van der Waals surface area contributed by atoms with Crippen LogP contribution in [-0.2, 0) is 16.1 Å². The third kappa shape index (κ3) is 5.21. The Balaban J connectivity index is 1.25. The van der Waals surface area contributed by atoms with Gasteiger partial charge in [-0.25, -0.2) is 9.59 Å². The van der Waals surface area contributed by atoms with Gasteiger partial charge in [-0.05, 0) is 74.2 Å². The molecule has 0 aliphatic carbocycles. The molecule has 0 saturated carbocycles. The summed E-state index contributed by atoms with van der Waals surface area (Å²) in [7, 11) is 0. The molecule has 190 valence electrons. The van der Waals surface area contributed by atoms with Crippen molar-refractivity contribution in [3.8, 4) is 5.75 Å². The molecule has 4 aromatic rings. The summed E-state index contributed by atoms with van der Waals surface area (Å²) in [4.78, 5) is 39.4. The van der Waals surface area contributed by atoms with E-state index in [1.807, 2.05) is 35.2 Å². The third-order valence-corrected chi connectivity index (χ3v) is 7.01. The Morgan fingerprint density at radius 1 is 0.973 bits per heavy atom. The molecule has 3 aromatic carbocycles. The maximum absolute atomic E-state index is 12.7. The summed E-state index contributed by atoms with van der Waals surface area (Å²) >= 11 is 0. The molecular formula is C30H29NO6. The van der Waals surface area contributed by atoms with Crippen molar-refractivity contribution >= 4 is 33.6 Å². The minimum atomic E-state index is -0.528. The Hall–Kier alpha value is -4.13. The van der Waals surface area contributed by atoms with Gasteiger partial charge in [0.2, 0.25) is 0 Å². The number of fused-ring (bicyclic) bond motifs is 3. The molecule has 1 aliphatic heterocycles. The van der Waals surface area contributed by atoms with Crippen LogP contribution in [-0.4, -0.2) is 35.5 Å². The molecule has 7 heteroatoms. The summed E-state index contributed by atoms with van der Waals surface area (Å²) in [5.41, 5.74) is 0.866. The van der Waals surface area contributed by atoms with Crippen LogP contribution in [0.5, 0.6) is 5.75 Å². The highest BCUT2D eigenvalue weighted by molar-refractivity contribution is 6.07. The van der Waals surface area contributed by atoms with E-state index in [0.29, 0.717) is 22.5 Å². The Labute approximate surface area is 214 Å². The van der Waals surface area contributed by atoms with Gasteiger partial charge in [-0.15, -0.1) is 0 Å². The highest BCUT2D eigenvalue weighted by atomic mass is 16.5. The Kier molecular flexibility index (Phi) is 6.95. The van der Waals surface area contributed by atoms with Gasteiger partial charge in [-0.1, -0.05) is 30.3 Å². The molecule has 1 fully saturated rings. The minimum absolute atomic E-state index is 0.0322. The molecule has 2 atom stereocenters. The summed E-state index contributed by atoms with van der Waals surface area (Å²) in [5.74, 6) is -0.0594. The van der Waals surface area contributed by atoms with Crippen molar-refractivity contribution in [2.24, 2.45) is 0 Å². The number of rotatable bonds is 6. The molecule has 1 aromatic heterocycles. The van der Waals surface area contributed by atoms with E-state index < -0.39 is 11.6 Å². The number of amides is 1. The van der Waals surface area contributed by atoms with Crippen molar-refractivity contribution in [2.75, 3.05) is 6.61 Å². The van der Waals surface area contributed by atoms with Gasteiger partial charge in [0.1, 0.15) is 17.9 Å². The molecule has 0 unspecified atom stereocenters. The molecule has 1 amide bonds. The van der Waals surface area contributed by atoms with Gasteiger partial charge in [0, 0.05) is 29.1 Å².